The summed E-state index contributed by atoms with van der Waals surface area (Å²) < 4.78 is 66.7. The molecule has 1 saturated heterocycles. The van der Waals surface area contributed by atoms with E-state index in [9.17, 15) is 31.9 Å². The number of halogens is 5. The number of piperidine rings is 1. The lowest BCUT2D eigenvalue weighted by atomic mass is 10.1. The fourth-order valence-corrected chi connectivity index (χ4v) is 2.27. The average molecular weight is 354 g/mol. The van der Waals surface area contributed by atoms with Crippen molar-refractivity contribution in [2.75, 3.05) is 24.6 Å². The molecule has 5 nitrogen and oxygen atoms in total. The zero-order valence-electron chi connectivity index (χ0n) is 12.4. The van der Waals surface area contributed by atoms with Gasteiger partial charge in [0.1, 0.15) is 11.4 Å². The lowest BCUT2D eigenvalue weighted by Crippen LogP contribution is -2.42. The predicted molar refractivity (Wildman–Crippen MR) is 73.8 cm³/mol. The van der Waals surface area contributed by atoms with Gasteiger partial charge in [-0.2, -0.15) is 26.9 Å². The summed E-state index contributed by atoms with van der Waals surface area (Å²) in [5, 5.41) is 9.18. The summed E-state index contributed by atoms with van der Waals surface area (Å²) in [5.41, 5.74) is -0.160. The van der Waals surface area contributed by atoms with E-state index in [2.05, 4.69) is 9.72 Å². The molecule has 2 rings (SSSR count). The van der Waals surface area contributed by atoms with Crippen LogP contribution in [0.1, 0.15) is 29.6 Å². The molecule has 0 aliphatic carbocycles. The van der Waals surface area contributed by atoms with E-state index in [1.165, 1.54) is 0 Å². The molecule has 24 heavy (non-hydrogen) atoms. The Morgan fingerprint density at radius 1 is 1.17 bits per heavy atom. The van der Waals surface area contributed by atoms with Gasteiger partial charge in [-0.05, 0) is 25.3 Å². The monoisotopic (exact) mass is 354 g/mol. The van der Waals surface area contributed by atoms with Crippen LogP contribution in [-0.2, 0) is 0 Å². The number of pyridine rings is 1. The summed E-state index contributed by atoms with van der Waals surface area (Å²) in [5.74, 6) is -6.76. The number of aromatic carboxylic acids is 1. The van der Waals surface area contributed by atoms with Crippen LogP contribution in [0.2, 0.25) is 0 Å². The molecule has 0 aromatic carbocycles. The Bertz CT molecular complexity index is 601. The fraction of sp³-hybridized carbons (Fsp3) is 0.571. The van der Waals surface area contributed by atoms with Crippen molar-refractivity contribution in [3.63, 3.8) is 0 Å². The first-order valence-corrected chi connectivity index (χ1v) is 7.18. The molecule has 1 aromatic heterocycles. The molecular weight excluding hydrogens is 339 g/mol. The van der Waals surface area contributed by atoms with Gasteiger partial charge in [0.15, 0.2) is 6.61 Å². The highest BCUT2D eigenvalue weighted by atomic mass is 19.4. The van der Waals surface area contributed by atoms with E-state index < -0.39 is 30.6 Å². The highest BCUT2D eigenvalue weighted by Crippen LogP contribution is 2.36. The topological polar surface area (TPSA) is 62.7 Å². The molecule has 1 aromatic rings. The molecule has 0 atom stereocenters. The molecule has 0 radical (unpaired) electrons. The number of nitrogens with zero attached hydrogens (tertiary/aromatic N) is 2. The van der Waals surface area contributed by atoms with Crippen LogP contribution in [0.4, 0.5) is 27.8 Å². The van der Waals surface area contributed by atoms with E-state index in [0.29, 0.717) is 13.1 Å². The average Bonchev–Trinajstić information content (AvgIpc) is 2.52. The van der Waals surface area contributed by atoms with Gasteiger partial charge >= 0.3 is 18.1 Å². The number of hydrogen-bond donors (Lipinski definition) is 1. The van der Waals surface area contributed by atoms with Crippen molar-refractivity contribution >= 4 is 11.8 Å². The number of carboxylic acids is 1. The van der Waals surface area contributed by atoms with Crippen molar-refractivity contribution in [2.24, 2.45) is 0 Å². The van der Waals surface area contributed by atoms with E-state index >= 15 is 0 Å². The van der Waals surface area contributed by atoms with Crippen molar-refractivity contribution in [1.82, 2.24) is 4.98 Å². The summed E-state index contributed by atoms with van der Waals surface area (Å²) in [6.07, 6.45) is -3.16. The third-order valence-corrected chi connectivity index (χ3v) is 3.55. The molecule has 0 amide bonds. The molecule has 0 unspecified atom stereocenters. The maximum absolute atomic E-state index is 12.9. The number of carbonyl (C=O) groups is 1. The summed E-state index contributed by atoms with van der Waals surface area (Å²) >= 11 is 0. The van der Waals surface area contributed by atoms with Crippen LogP contribution in [0.3, 0.4) is 0 Å². The van der Waals surface area contributed by atoms with Gasteiger partial charge in [0.2, 0.25) is 5.88 Å². The fourth-order valence-electron chi connectivity index (χ4n) is 2.27. The molecule has 2 heterocycles. The highest BCUT2D eigenvalue weighted by Gasteiger charge is 2.58. The van der Waals surface area contributed by atoms with Gasteiger partial charge in [0, 0.05) is 19.2 Å². The molecule has 1 N–H and O–H groups in total. The molecule has 0 saturated carbocycles. The second-order valence-corrected chi connectivity index (χ2v) is 5.36. The number of ether oxygens (including phenoxy) is 1. The lowest BCUT2D eigenvalue weighted by molar-refractivity contribution is -0.290. The minimum atomic E-state index is -5.73. The van der Waals surface area contributed by atoms with Crippen molar-refractivity contribution in [3.05, 3.63) is 17.7 Å². The van der Waals surface area contributed by atoms with E-state index in [1.807, 2.05) is 0 Å². The van der Waals surface area contributed by atoms with Gasteiger partial charge in [-0.25, -0.2) is 4.79 Å². The highest BCUT2D eigenvalue weighted by molar-refractivity contribution is 5.93. The van der Waals surface area contributed by atoms with Crippen LogP contribution in [0.5, 0.6) is 5.88 Å². The molecule has 0 bridgehead atoms. The van der Waals surface area contributed by atoms with E-state index in [1.54, 1.807) is 4.90 Å². The standard InChI is InChI=1S/C14H15F5N2O3/c15-13(16,14(17,18)19)8-24-10-5-4-9(12(22)23)11(20-10)21-6-2-1-3-7-21/h4-5H,1-3,6-8H2,(H,22,23). The van der Waals surface area contributed by atoms with Crippen LogP contribution < -0.4 is 9.64 Å². The van der Waals surface area contributed by atoms with Crippen molar-refractivity contribution < 1.29 is 36.6 Å². The maximum atomic E-state index is 12.9. The number of hydrogen-bond acceptors (Lipinski definition) is 4. The molecule has 0 spiro atoms. The summed E-state index contributed by atoms with van der Waals surface area (Å²) in [4.78, 5) is 16.7. The predicted octanol–water partition coefficient (Wildman–Crippen LogP) is 3.35. The maximum Gasteiger partial charge on any atom is 0.456 e. The minimum absolute atomic E-state index is 0.00928. The zero-order valence-corrected chi connectivity index (χ0v) is 12.4. The van der Waals surface area contributed by atoms with Gasteiger partial charge in [-0.15, -0.1) is 0 Å². The first-order valence-electron chi connectivity index (χ1n) is 7.18. The molecule has 1 fully saturated rings. The Morgan fingerprint density at radius 2 is 1.79 bits per heavy atom. The number of carboxylic acid groups (broad SMARTS) is 1. The summed E-state index contributed by atoms with van der Waals surface area (Å²) in [6.45, 7) is -0.875. The molecule has 1 aliphatic heterocycles. The molecule has 134 valence electrons. The first-order chi connectivity index (χ1) is 11.1. The van der Waals surface area contributed by atoms with Gasteiger partial charge in [-0.1, -0.05) is 0 Å². The zero-order chi connectivity index (χ0) is 18.0. The Kier molecular flexibility index (Phi) is 5.14. The van der Waals surface area contributed by atoms with Crippen LogP contribution in [-0.4, -0.2) is 47.9 Å². The van der Waals surface area contributed by atoms with Crippen molar-refractivity contribution in [3.8, 4) is 5.88 Å². The summed E-state index contributed by atoms with van der Waals surface area (Å²) in [7, 11) is 0. The normalized spacial score (nSPS) is 16.1. The Balaban J connectivity index is 2.21. The number of anilines is 1. The molecule has 10 heteroatoms. The van der Waals surface area contributed by atoms with Gasteiger partial charge in [0.05, 0.1) is 0 Å². The Hall–Kier alpha value is -2.13. The van der Waals surface area contributed by atoms with Crippen LogP contribution in [0.25, 0.3) is 0 Å². The minimum Gasteiger partial charge on any atom is -0.478 e. The molecule has 1 aliphatic rings. The van der Waals surface area contributed by atoms with Crippen LogP contribution in [0.15, 0.2) is 12.1 Å². The van der Waals surface area contributed by atoms with Gasteiger partial charge < -0.3 is 14.7 Å². The van der Waals surface area contributed by atoms with Crippen molar-refractivity contribution in [2.45, 2.75) is 31.4 Å². The third kappa shape index (κ3) is 4.04. The van der Waals surface area contributed by atoms with Crippen LogP contribution in [0, 0.1) is 0 Å². The van der Waals surface area contributed by atoms with E-state index in [0.717, 1.165) is 31.4 Å². The quantitative estimate of drug-likeness (QED) is 0.822. The lowest BCUT2D eigenvalue weighted by Gasteiger charge is -2.29. The summed E-state index contributed by atoms with van der Waals surface area (Å²) in [6, 6.07) is 2.05. The number of alkyl halides is 5. The second kappa shape index (κ2) is 6.78. The SMILES string of the molecule is O=C(O)c1ccc(OCC(F)(F)C(F)(F)F)nc1N1CCCCC1. The van der Waals surface area contributed by atoms with E-state index in [4.69, 9.17) is 0 Å². The van der Waals surface area contributed by atoms with Crippen LogP contribution >= 0.6 is 0 Å². The van der Waals surface area contributed by atoms with Gasteiger partial charge in [0.25, 0.3) is 0 Å². The Morgan fingerprint density at radius 3 is 2.33 bits per heavy atom. The second-order valence-electron chi connectivity index (χ2n) is 5.36. The number of aromatic nitrogens is 1. The molecular formula is C14H15F5N2O3. The van der Waals surface area contributed by atoms with E-state index in [-0.39, 0.29) is 11.4 Å². The number of rotatable bonds is 5. The van der Waals surface area contributed by atoms with Crippen molar-refractivity contribution in [1.29, 1.82) is 0 Å². The smallest absolute Gasteiger partial charge is 0.456 e. The first kappa shape index (κ1) is 18.2. The third-order valence-electron chi connectivity index (χ3n) is 3.55. The van der Waals surface area contributed by atoms with Gasteiger partial charge in [-0.3, -0.25) is 0 Å². The largest absolute Gasteiger partial charge is 0.478 e. The Labute approximate surface area is 134 Å².